The standard InChI is InChI=1S/C13H19NO4/c1-4-17-11(15)9-8-7(3)6-13(14,10(8)9)12(16)18-5-2/h8-10H,3-6,14H2,1-2H3/t8-,9-,10-,13-/m0/s1. The van der Waals surface area contributed by atoms with Gasteiger partial charge in [-0.25, -0.2) is 0 Å². The SMILES string of the molecule is C=C1C[C@@](N)(C(=O)OCC)[C@H]2[C@@H]1[C@@H]2C(=O)OCC. The predicted molar refractivity (Wildman–Crippen MR) is 64.4 cm³/mol. The minimum Gasteiger partial charge on any atom is -0.466 e. The molecule has 2 aliphatic carbocycles. The summed E-state index contributed by atoms with van der Waals surface area (Å²) in [4.78, 5) is 23.7. The minimum atomic E-state index is -1.10. The molecule has 2 rings (SSSR count). The summed E-state index contributed by atoms with van der Waals surface area (Å²) in [6.45, 7) is 8.02. The summed E-state index contributed by atoms with van der Waals surface area (Å²) in [6.07, 6.45) is 0.400. The van der Waals surface area contributed by atoms with Crippen molar-refractivity contribution in [1.82, 2.24) is 0 Å². The first-order chi connectivity index (χ1) is 8.47. The van der Waals surface area contributed by atoms with Crippen LogP contribution in [0.25, 0.3) is 0 Å². The maximum absolute atomic E-state index is 11.9. The first kappa shape index (κ1) is 13.1. The lowest BCUT2D eigenvalue weighted by Gasteiger charge is -2.24. The van der Waals surface area contributed by atoms with Gasteiger partial charge in [-0.2, -0.15) is 0 Å². The second kappa shape index (κ2) is 4.39. The number of rotatable bonds is 4. The average Bonchev–Trinajstić information content (AvgIpc) is 2.99. The van der Waals surface area contributed by atoms with Crippen molar-refractivity contribution in [1.29, 1.82) is 0 Å². The van der Waals surface area contributed by atoms with E-state index in [4.69, 9.17) is 15.2 Å². The Bertz CT molecular complexity index is 406. The molecule has 0 spiro atoms. The number of carbonyl (C=O) groups is 2. The molecule has 0 aromatic rings. The van der Waals surface area contributed by atoms with Crippen molar-refractivity contribution in [3.63, 3.8) is 0 Å². The van der Waals surface area contributed by atoms with Crippen LogP contribution in [0.3, 0.4) is 0 Å². The quantitative estimate of drug-likeness (QED) is 0.587. The fourth-order valence-electron chi connectivity index (χ4n) is 3.08. The number of hydrogen-bond donors (Lipinski definition) is 1. The fourth-order valence-corrected chi connectivity index (χ4v) is 3.08. The first-order valence-corrected chi connectivity index (χ1v) is 6.27. The molecule has 0 heterocycles. The highest BCUT2D eigenvalue weighted by atomic mass is 16.5. The molecule has 2 aliphatic rings. The molecule has 0 aromatic heterocycles. The van der Waals surface area contributed by atoms with E-state index in [9.17, 15) is 9.59 Å². The molecule has 0 saturated heterocycles. The molecule has 100 valence electrons. The molecule has 0 aromatic carbocycles. The van der Waals surface area contributed by atoms with Crippen LogP contribution in [0.2, 0.25) is 0 Å². The van der Waals surface area contributed by atoms with Crippen molar-refractivity contribution in [2.75, 3.05) is 13.2 Å². The lowest BCUT2D eigenvalue weighted by molar-refractivity contribution is -0.151. The van der Waals surface area contributed by atoms with Crippen LogP contribution in [0.15, 0.2) is 12.2 Å². The van der Waals surface area contributed by atoms with E-state index in [2.05, 4.69) is 6.58 Å². The molecule has 5 heteroatoms. The van der Waals surface area contributed by atoms with Gasteiger partial charge in [0.1, 0.15) is 5.54 Å². The summed E-state index contributed by atoms with van der Waals surface area (Å²) in [5, 5.41) is 0. The van der Waals surface area contributed by atoms with Crippen molar-refractivity contribution in [2.24, 2.45) is 23.5 Å². The molecule has 2 fully saturated rings. The highest BCUT2D eigenvalue weighted by Crippen LogP contribution is 2.64. The predicted octanol–water partition coefficient (Wildman–Crippen LogP) is 0.632. The number of fused-ring (bicyclic) bond motifs is 1. The molecule has 0 radical (unpaired) electrons. The van der Waals surface area contributed by atoms with Gasteiger partial charge in [-0.05, 0) is 26.2 Å². The van der Waals surface area contributed by atoms with Crippen LogP contribution in [-0.4, -0.2) is 30.7 Å². The largest absolute Gasteiger partial charge is 0.466 e. The molecule has 0 unspecified atom stereocenters. The second-order valence-electron chi connectivity index (χ2n) is 4.93. The zero-order chi connectivity index (χ0) is 13.5. The van der Waals surface area contributed by atoms with Gasteiger partial charge in [0.15, 0.2) is 0 Å². The molecule has 0 aliphatic heterocycles. The topological polar surface area (TPSA) is 78.6 Å². The molecule has 0 bridgehead atoms. The normalized spacial score (nSPS) is 37.1. The third-order valence-electron chi connectivity index (χ3n) is 3.82. The Balaban J connectivity index is 2.15. The van der Waals surface area contributed by atoms with Crippen LogP contribution in [0, 0.1) is 17.8 Å². The van der Waals surface area contributed by atoms with Crippen LogP contribution in [0.5, 0.6) is 0 Å². The maximum atomic E-state index is 11.9. The van der Waals surface area contributed by atoms with Crippen molar-refractivity contribution in [3.8, 4) is 0 Å². The number of ether oxygens (including phenoxy) is 2. The molecular formula is C13H19NO4. The van der Waals surface area contributed by atoms with Crippen molar-refractivity contribution >= 4 is 11.9 Å². The Labute approximate surface area is 106 Å². The highest BCUT2D eigenvalue weighted by molar-refractivity contribution is 5.88. The van der Waals surface area contributed by atoms with Gasteiger partial charge in [0.05, 0.1) is 19.1 Å². The van der Waals surface area contributed by atoms with Gasteiger partial charge in [0.2, 0.25) is 0 Å². The van der Waals surface area contributed by atoms with Crippen LogP contribution in [0.1, 0.15) is 20.3 Å². The van der Waals surface area contributed by atoms with E-state index in [1.54, 1.807) is 13.8 Å². The summed E-state index contributed by atoms with van der Waals surface area (Å²) in [7, 11) is 0. The Kier molecular flexibility index (Phi) is 3.19. The smallest absolute Gasteiger partial charge is 0.326 e. The van der Waals surface area contributed by atoms with Gasteiger partial charge < -0.3 is 15.2 Å². The second-order valence-corrected chi connectivity index (χ2v) is 4.93. The number of nitrogens with two attached hydrogens (primary N) is 1. The number of esters is 2. The summed E-state index contributed by atoms with van der Waals surface area (Å²) in [5.74, 6) is -1.26. The molecular weight excluding hydrogens is 234 g/mol. The van der Waals surface area contributed by atoms with Gasteiger partial charge in [-0.1, -0.05) is 12.2 Å². The van der Waals surface area contributed by atoms with Crippen LogP contribution in [-0.2, 0) is 19.1 Å². The molecule has 2 saturated carbocycles. The van der Waals surface area contributed by atoms with E-state index in [1.807, 2.05) is 0 Å². The Morgan fingerprint density at radius 3 is 2.56 bits per heavy atom. The zero-order valence-corrected chi connectivity index (χ0v) is 10.8. The van der Waals surface area contributed by atoms with E-state index in [0.717, 1.165) is 5.57 Å². The molecule has 4 atom stereocenters. The lowest BCUT2D eigenvalue weighted by atomic mass is 9.90. The van der Waals surface area contributed by atoms with Crippen LogP contribution < -0.4 is 5.73 Å². The summed E-state index contributed by atoms with van der Waals surface area (Å²) >= 11 is 0. The maximum Gasteiger partial charge on any atom is 0.326 e. The van der Waals surface area contributed by atoms with E-state index in [1.165, 1.54) is 0 Å². The molecule has 18 heavy (non-hydrogen) atoms. The van der Waals surface area contributed by atoms with Crippen LogP contribution in [0.4, 0.5) is 0 Å². The lowest BCUT2D eigenvalue weighted by Crippen LogP contribution is -2.50. The zero-order valence-electron chi connectivity index (χ0n) is 10.8. The average molecular weight is 253 g/mol. The Morgan fingerprint density at radius 1 is 1.39 bits per heavy atom. The van der Waals surface area contributed by atoms with E-state index < -0.39 is 11.5 Å². The fraction of sp³-hybridized carbons (Fsp3) is 0.692. The van der Waals surface area contributed by atoms with Gasteiger partial charge in [-0.3, -0.25) is 9.59 Å². The molecule has 0 amide bonds. The van der Waals surface area contributed by atoms with Gasteiger partial charge >= 0.3 is 11.9 Å². The van der Waals surface area contributed by atoms with E-state index in [0.29, 0.717) is 13.0 Å². The number of hydrogen-bond acceptors (Lipinski definition) is 5. The Morgan fingerprint density at radius 2 is 2.00 bits per heavy atom. The monoisotopic (exact) mass is 253 g/mol. The summed E-state index contributed by atoms with van der Waals surface area (Å²) < 4.78 is 10.0. The Hall–Kier alpha value is -1.36. The van der Waals surface area contributed by atoms with Crippen molar-refractivity contribution in [3.05, 3.63) is 12.2 Å². The third kappa shape index (κ3) is 1.73. The highest BCUT2D eigenvalue weighted by Gasteiger charge is 2.72. The first-order valence-electron chi connectivity index (χ1n) is 6.27. The van der Waals surface area contributed by atoms with Crippen molar-refractivity contribution < 1.29 is 19.1 Å². The van der Waals surface area contributed by atoms with E-state index in [-0.39, 0.29) is 30.3 Å². The van der Waals surface area contributed by atoms with Gasteiger partial charge in [0, 0.05) is 5.92 Å². The minimum absolute atomic E-state index is 0.0153. The van der Waals surface area contributed by atoms with Gasteiger partial charge in [0.25, 0.3) is 0 Å². The van der Waals surface area contributed by atoms with E-state index >= 15 is 0 Å². The summed E-state index contributed by atoms with van der Waals surface area (Å²) in [5.41, 5.74) is 5.90. The van der Waals surface area contributed by atoms with Crippen LogP contribution >= 0.6 is 0 Å². The number of carbonyl (C=O) groups excluding carboxylic acids is 2. The van der Waals surface area contributed by atoms with Crippen molar-refractivity contribution in [2.45, 2.75) is 25.8 Å². The van der Waals surface area contributed by atoms with Gasteiger partial charge in [-0.15, -0.1) is 0 Å². The molecule has 5 nitrogen and oxygen atoms in total. The molecule has 2 N–H and O–H groups in total. The third-order valence-corrected chi connectivity index (χ3v) is 3.82. The summed E-state index contributed by atoms with van der Waals surface area (Å²) in [6, 6.07) is 0.